The maximum absolute atomic E-state index is 9.49. The van der Waals surface area contributed by atoms with Crippen molar-refractivity contribution in [1.29, 1.82) is 0 Å². The van der Waals surface area contributed by atoms with Crippen molar-refractivity contribution in [3.63, 3.8) is 0 Å². The number of aliphatic hydroxyl groups is 1. The van der Waals surface area contributed by atoms with Gasteiger partial charge in [-0.05, 0) is 46.2 Å². The van der Waals surface area contributed by atoms with E-state index in [2.05, 4.69) is 31.0 Å². The molecule has 0 amide bonds. The first-order chi connectivity index (χ1) is 8.11. The van der Waals surface area contributed by atoms with E-state index < -0.39 is 0 Å². The van der Waals surface area contributed by atoms with Crippen LogP contribution in [0.2, 0.25) is 0 Å². The van der Waals surface area contributed by atoms with Gasteiger partial charge in [0.1, 0.15) is 0 Å². The summed E-state index contributed by atoms with van der Waals surface area (Å²) in [6.07, 6.45) is 6.45. The van der Waals surface area contributed by atoms with Gasteiger partial charge in [0.2, 0.25) is 0 Å². The van der Waals surface area contributed by atoms with Gasteiger partial charge in [0, 0.05) is 18.1 Å². The van der Waals surface area contributed by atoms with Gasteiger partial charge in [-0.2, -0.15) is 0 Å². The number of nitrogens with zero attached hydrogens (tertiary/aromatic N) is 1. The molecule has 0 saturated carbocycles. The van der Waals surface area contributed by atoms with Crippen LogP contribution in [0.25, 0.3) is 0 Å². The molecule has 2 unspecified atom stereocenters. The molecule has 1 heterocycles. The largest absolute Gasteiger partial charge is 0.394 e. The van der Waals surface area contributed by atoms with E-state index in [4.69, 9.17) is 0 Å². The zero-order valence-electron chi connectivity index (χ0n) is 11.8. The third-order valence-electron chi connectivity index (χ3n) is 4.09. The highest BCUT2D eigenvalue weighted by atomic mass is 16.3. The fraction of sp³-hybridized carbons (Fsp3) is 1.00. The first-order valence-corrected chi connectivity index (χ1v) is 7.21. The summed E-state index contributed by atoms with van der Waals surface area (Å²) in [5.74, 6) is 0. The number of rotatable bonds is 6. The highest BCUT2D eigenvalue weighted by molar-refractivity contribution is 4.84. The van der Waals surface area contributed by atoms with Crippen LogP contribution in [0.3, 0.4) is 0 Å². The molecule has 1 aliphatic rings. The van der Waals surface area contributed by atoms with Gasteiger partial charge in [0.25, 0.3) is 0 Å². The lowest BCUT2D eigenvalue weighted by Gasteiger charge is -2.33. The fourth-order valence-corrected chi connectivity index (χ4v) is 2.71. The van der Waals surface area contributed by atoms with Gasteiger partial charge in [0.05, 0.1) is 6.61 Å². The standard InChI is InChI=1S/C14H30N2O/c1-4-15-14(3,12-17)9-11-16-10-7-5-6-8-13(16)2/h13,15,17H,4-12H2,1-3H3. The van der Waals surface area contributed by atoms with Gasteiger partial charge in [-0.15, -0.1) is 0 Å². The van der Waals surface area contributed by atoms with Crippen LogP contribution in [0.15, 0.2) is 0 Å². The molecule has 3 heteroatoms. The highest BCUT2D eigenvalue weighted by Gasteiger charge is 2.24. The smallest absolute Gasteiger partial charge is 0.0611 e. The van der Waals surface area contributed by atoms with Crippen LogP contribution in [0, 0.1) is 0 Å². The van der Waals surface area contributed by atoms with Crippen molar-refractivity contribution in [3.8, 4) is 0 Å². The Morgan fingerprint density at radius 1 is 1.35 bits per heavy atom. The predicted octanol–water partition coefficient (Wildman–Crippen LogP) is 2.00. The van der Waals surface area contributed by atoms with Gasteiger partial charge < -0.3 is 15.3 Å². The molecule has 0 aromatic rings. The van der Waals surface area contributed by atoms with Crippen molar-refractivity contribution in [2.45, 2.75) is 64.5 Å². The minimum Gasteiger partial charge on any atom is -0.394 e. The molecule has 17 heavy (non-hydrogen) atoms. The Kier molecular flexibility index (Phi) is 6.45. The van der Waals surface area contributed by atoms with Crippen LogP contribution in [0.4, 0.5) is 0 Å². The number of aliphatic hydroxyl groups excluding tert-OH is 1. The summed E-state index contributed by atoms with van der Waals surface area (Å²) in [7, 11) is 0. The van der Waals surface area contributed by atoms with E-state index in [1.165, 1.54) is 32.2 Å². The molecular formula is C14H30N2O. The van der Waals surface area contributed by atoms with Crippen molar-refractivity contribution < 1.29 is 5.11 Å². The van der Waals surface area contributed by atoms with Crippen LogP contribution < -0.4 is 5.32 Å². The molecule has 3 nitrogen and oxygen atoms in total. The predicted molar refractivity (Wildman–Crippen MR) is 73.3 cm³/mol. The zero-order valence-corrected chi connectivity index (χ0v) is 11.8. The van der Waals surface area contributed by atoms with Gasteiger partial charge in [-0.25, -0.2) is 0 Å². The Labute approximate surface area is 107 Å². The summed E-state index contributed by atoms with van der Waals surface area (Å²) >= 11 is 0. The molecule has 1 fully saturated rings. The van der Waals surface area contributed by atoms with Gasteiger partial charge in [-0.1, -0.05) is 19.8 Å². The Bertz CT molecular complexity index is 210. The fourth-order valence-electron chi connectivity index (χ4n) is 2.71. The van der Waals surface area contributed by atoms with E-state index in [0.717, 1.165) is 19.5 Å². The Balaban J connectivity index is 2.41. The molecule has 0 bridgehead atoms. The molecule has 102 valence electrons. The lowest BCUT2D eigenvalue weighted by Crippen LogP contribution is -2.48. The highest BCUT2D eigenvalue weighted by Crippen LogP contribution is 2.18. The van der Waals surface area contributed by atoms with Crippen molar-refractivity contribution in [2.75, 3.05) is 26.2 Å². The van der Waals surface area contributed by atoms with Crippen LogP contribution >= 0.6 is 0 Å². The van der Waals surface area contributed by atoms with Crippen molar-refractivity contribution in [1.82, 2.24) is 10.2 Å². The number of likely N-dealkylation sites (N-methyl/N-ethyl adjacent to an activating group) is 1. The first kappa shape index (κ1) is 14.9. The summed E-state index contributed by atoms with van der Waals surface area (Å²) < 4.78 is 0. The van der Waals surface area contributed by atoms with Crippen LogP contribution in [0.1, 0.15) is 52.9 Å². The second-order valence-corrected chi connectivity index (χ2v) is 5.73. The second kappa shape index (κ2) is 7.34. The normalized spacial score (nSPS) is 26.5. The van der Waals surface area contributed by atoms with Crippen molar-refractivity contribution >= 4 is 0 Å². The molecule has 0 spiro atoms. The van der Waals surface area contributed by atoms with E-state index >= 15 is 0 Å². The average molecular weight is 242 g/mol. The molecule has 2 atom stereocenters. The minimum absolute atomic E-state index is 0.110. The lowest BCUT2D eigenvalue weighted by molar-refractivity contribution is 0.134. The molecule has 1 saturated heterocycles. The summed E-state index contributed by atoms with van der Waals surface area (Å²) in [6.45, 7) is 10.0. The maximum Gasteiger partial charge on any atom is 0.0611 e. The summed E-state index contributed by atoms with van der Waals surface area (Å²) in [6, 6.07) is 0.710. The molecule has 0 radical (unpaired) electrons. The summed E-state index contributed by atoms with van der Waals surface area (Å²) in [5.41, 5.74) is -0.110. The quantitative estimate of drug-likeness (QED) is 0.748. The zero-order chi connectivity index (χ0) is 12.7. The minimum atomic E-state index is -0.110. The number of hydrogen-bond acceptors (Lipinski definition) is 3. The first-order valence-electron chi connectivity index (χ1n) is 7.21. The van der Waals surface area contributed by atoms with E-state index in [0.29, 0.717) is 6.04 Å². The second-order valence-electron chi connectivity index (χ2n) is 5.73. The van der Waals surface area contributed by atoms with E-state index in [-0.39, 0.29) is 12.1 Å². The molecule has 0 aliphatic carbocycles. The Hall–Kier alpha value is -0.120. The summed E-state index contributed by atoms with van der Waals surface area (Å²) in [4.78, 5) is 2.60. The monoisotopic (exact) mass is 242 g/mol. The van der Waals surface area contributed by atoms with Crippen LogP contribution in [-0.4, -0.2) is 47.8 Å². The molecule has 2 N–H and O–H groups in total. The van der Waals surface area contributed by atoms with E-state index in [1.807, 2.05) is 0 Å². The number of likely N-dealkylation sites (tertiary alicyclic amines) is 1. The molecule has 0 aromatic heterocycles. The van der Waals surface area contributed by atoms with Gasteiger partial charge >= 0.3 is 0 Å². The Morgan fingerprint density at radius 2 is 2.12 bits per heavy atom. The topological polar surface area (TPSA) is 35.5 Å². The molecule has 1 rings (SSSR count). The Morgan fingerprint density at radius 3 is 2.76 bits per heavy atom. The SMILES string of the molecule is CCNC(C)(CO)CCN1CCCCCC1C. The van der Waals surface area contributed by atoms with Crippen molar-refractivity contribution in [3.05, 3.63) is 0 Å². The molecule has 0 aromatic carbocycles. The number of nitrogens with one attached hydrogen (secondary N) is 1. The third kappa shape index (κ3) is 4.94. The van der Waals surface area contributed by atoms with Gasteiger partial charge in [-0.3, -0.25) is 0 Å². The molecule has 1 aliphatic heterocycles. The maximum atomic E-state index is 9.49. The van der Waals surface area contributed by atoms with Gasteiger partial charge in [0.15, 0.2) is 0 Å². The average Bonchev–Trinajstić information content (AvgIpc) is 2.52. The van der Waals surface area contributed by atoms with E-state index in [1.54, 1.807) is 0 Å². The summed E-state index contributed by atoms with van der Waals surface area (Å²) in [5, 5.41) is 12.9. The lowest BCUT2D eigenvalue weighted by atomic mass is 9.98. The van der Waals surface area contributed by atoms with Crippen LogP contribution in [-0.2, 0) is 0 Å². The third-order valence-corrected chi connectivity index (χ3v) is 4.09. The number of hydrogen-bond donors (Lipinski definition) is 2. The van der Waals surface area contributed by atoms with Crippen molar-refractivity contribution in [2.24, 2.45) is 0 Å². The van der Waals surface area contributed by atoms with Crippen LogP contribution in [0.5, 0.6) is 0 Å². The molecular weight excluding hydrogens is 212 g/mol. The van der Waals surface area contributed by atoms with E-state index in [9.17, 15) is 5.11 Å².